The third-order valence-corrected chi connectivity index (χ3v) is 5.90. The maximum atomic E-state index is 12.6. The van der Waals surface area contributed by atoms with E-state index in [-0.39, 0.29) is 28.3 Å². The SMILES string of the molecule is Nc1nc(SCC(=O)N2CCc3ccccc32)[nH]c(=O)c1NC(=O)c1ccc(Cl)cc1. The Morgan fingerprint density at radius 2 is 1.94 bits per heavy atom. The number of aromatic amines is 1. The molecule has 0 unspecified atom stereocenters. The molecule has 0 fully saturated rings. The Kier molecular flexibility index (Phi) is 5.97. The zero-order chi connectivity index (χ0) is 22.0. The first-order valence-corrected chi connectivity index (χ1v) is 10.8. The summed E-state index contributed by atoms with van der Waals surface area (Å²) in [6.45, 7) is 0.625. The Bertz CT molecular complexity index is 1210. The number of nitrogens with one attached hydrogen (secondary N) is 2. The number of nitrogen functional groups attached to an aromatic ring is 1. The third-order valence-electron chi connectivity index (χ3n) is 4.79. The van der Waals surface area contributed by atoms with Gasteiger partial charge in [0.05, 0.1) is 5.75 Å². The number of para-hydroxylation sites is 1. The molecule has 0 spiro atoms. The number of rotatable bonds is 5. The molecule has 8 nitrogen and oxygen atoms in total. The predicted molar refractivity (Wildman–Crippen MR) is 122 cm³/mol. The molecule has 158 valence electrons. The minimum Gasteiger partial charge on any atom is -0.382 e. The van der Waals surface area contributed by atoms with Crippen molar-refractivity contribution in [3.05, 3.63) is 75.0 Å². The first-order valence-electron chi connectivity index (χ1n) is 9.40. The van der Waals surface area contributed by atoms with Gasteiger partial charge in [-0.25, -0.2) is 4.98 Å². The van der Waals surface area contributed by atoms with Gasteiger partial charge in [0.1, 0.15) is 5.69 Å². The molecule has 31 heavy (non-hydrogen) atoms. The minimum atomic E-state index is -0.601. The highest BCUT2D eigenvalue weighted by atomic mass is 35.5. The van der Waals surface area contributed by atoms with Crippen LogP contribution in [-0.2, 0) is 11.2 Å². The molecular formula is C21H18ClN5O3S. The molecule has 4 rings (SSSR count). The Morgan fingerprint density at radius 3 is 2.68 bits per heavy atom. The molecule has 1 aliphatic rings. The quantitative estimate of drug-likeness (QED) is 0.401. The van der Waals surface area contributed by atoms with E-state index in [1.807, 2.05) is 24.3 Å². The number of halogens is 1. The van der Waals surface area contributed by atoms with E-state index in [4.69, 9.17) is 17.3 Å². The average molecular weight is 456 g/mol. The van der Waals surface area contributed by atoms with Crippen LogP contribution in [-0.4, -0.2) is 34.1 Å². The predicted octanol–water partition coefficient (Wildman–Crippen LogP) is 2.94. The largest absolute Gasteiger partial charge is 0.382 e. The van der Waals surface area contributed by atoms with Crippen LogP contribution in [0.5, 0.6) is 0 Å². The van der Waals surface area contributed by atoms with Gasteiger partial charge < -0.3 is 16.0 Å². The molecule has 1 aliphatic heterocycles. The molecule has 0 bridgehead atoms. The van der Waals surface area contributed by atoms with Gasteiger partial charge in [-0.2, -0.15) is 0 Å². The monoisotopic (exact) mass is 455 g/mol. The van der Waals surface area contributed by atoms with Crippen molar-refractivity contribution >= 4 is 52.4 Å². The second-order valence-corrected chi connectivity index (χ2v) is 8.21. The number of anilines is 3. The Hall–Kier alpha value is -3.30. The molecular weight excluding hydrogens is 438 g/mol. The lowest BCUT2D eigenvalue weighted by molar-refractivity contribution is -0.116. The molecule has 3 aromatic rings. The smallest absolute Gasteiger partial charge is 0.277 e. The van der Waals surface area contributed by atoms with E-state index in [0.29, 0.717) is 17.1 Å². The number of carbonyl (C=O) groups excluding carboxylic acids is 2. The molecule has 10 heteroatoms. The average Bonchev–Trinajstić information content (AvgIpc) is 3.19. The lowest BCUT2D eigenvalue weighted by atomic mass is 10.2. The van der Waals surface area contributed by atoms with Crippen LogP contribution in [0.3, 0.4) is 0 Å². The number of hydrogen-bond acceptors (Lipinski definition) is 6. The zero-order valence-corrected chi connectivity index (χ0v) is 17.8. The maximum absolute atomic E-state index is 12.6. The normalized spacial score (nSPS) is 12.5. The number of aromatic nitrogens is 2. The van der Waals surface area contributed by atoms with Crippen molar-refractivity contribution in [2.75, 3.05) is 28.2 Å². The number of nitrogens with two attached hydrogens (primary N) is 1. The van der Waals surface area contributed by atoms with Gasteiger partial charge in [-0.3, -0.25) is 19.4 Å². The van der Waals surface area contributed by atoms with E-state index < -0.39 is 11.5 Å². The molecule has 2 heterocycles. The van der Waals surface area contributed by atoms with Gasteiger partial charge in [0.2, 0.25) is 5.91 Å². The van der Waals surface area contributed by atoms with Gasteiger partial charge in [-0.1, -0.05) is 41.6 Å². The number of H-pyrrole nitrogens is 1. The summed E-state index contributed by atoms with van der Waals surface area (Å²) in [7, 11) is 0. The van der Waals surface area contributed by atoms with Crippen molar-refractivity contribution in [2.45, 2.75) is 11.6 Å². The highest BCUT2D eigenvalue weighted by molar-refractivity contribution is 7.99. The van der Waals surface area contributed by atoms with Crippen LogP contribution in [0.4, 0.5) is 17.2 Å². The second kappa shape index (κ2) is 8.83. The molecule has 0 saturated carbocycles. The lowest BCUT2D eigenvalue weighted by Gasteiger charge is -2.17. The number of carbonyl (C=O) groups is 2. The molecule has 2 amide bonds. The van der Waals surface area contributed by atoms with E-state index in [9.17, 15) is 14.4 Å². The highest BCUT2D eigenvalue weighted by Crippen LogP contribution is 2.28. The summed E-state index contributed by atoms with van der Waals surface area (Å²) in [6, 6.07) is 14.0. The van der Waals surface area contributed by atoms with E-state index >= 15 is 0 Å². The fourth-order valence-corrected chi connectivity index (χ4v) is 4.12. The summed E-state index contributed by atoms with van der Waals surface area (Å²) in [5, 5.41) is 3.16. The van der Waals surface area contributed by atoms with Gasteiger partial charge in [-0.05, 0) is 42.3 Å². The molecule has 0 aliphatic carbocycles. The van der Waals surface area contributed by atoms with Gasteiger partial charge in [-0.15, -0.1) is 0 Å². The fourth-order valence-electron chi connectivity index (χ4n) is 3.25. The number of fused-ring (bicyclic) bond motifs is 1. The van der Waals surface area contributed by atoms with E-state index in [2.05, 4.69) is 15.3 Å². The summed E-state index contributed by atoms with van der Waals surface area (Å²) < 4.78 is 0. The van der Waals surface area contributed by atoms with Crippen LogP contribution in [0, 0.1) is 0 Å². The number of amides is 2. The number of thioether (sulfide) groups is 1. The van der Waals surface area contributed by atoms with Crippen molar-refractivity contribution < 1.29 is 9.59 Å². The highest BCUT2D eigenvalue weighted by Gasteiger charge is 2.24. The first kappa shape index (κ1) is 21.0. The molecule has 1 aromatic heterocycles. The van der Waals surface area contributed by atoms with Gasteiger partial charge in [0.25, 0.3) is 11.5 Å². The molecule has 0 saturated heterocycles. The minimum absolute atomic E-state index is 0.0868. The second-order valence-electron chi connectivity index (χ2n) is 6.81. The summed E-state index contributed by atoms with van der Waals surface area (Å²) in [4.78, 5) is 45.8. The van der Waals surface area contributed by atoms with Crippen molar-refractivity contribution in [2.24, 2.45) is 0 Å². The van der Waals surface area contributed by atoms with Crippen molar-refractivity contribution in [3.8, 4) is 0 Å². The Labute approximate surface area is 186 Å². The van der Waals surface area contributed by atoms with Crippen molar-refractivity contribution in [1.29, 1.82) is 0 Å². The van der Waals surface area contributed by atoms with Gasteiger partial charge in [0, 0.05) is 22.8 Å². The summed E-state index contributed by atoms with van der Waals surface area (Å²) in [5.74, 6) is -0.643. The van der Waals surface area contributed by atoms with E-state index in [1.165, 1.54) is 12.1 Å². The molecule has 0 radical (unpaired) electrons. The lowest BCUT2D eigenvalue weighted by Crippen LogP contribution is -2.30. The van der Waals surface area contributed by atoms with Crippen LogP contribution < -0.4 is 21.5 Å². The van der Waals surface area contributed by atoms with E-state index in [1.54, 1.807) is 17.0 Å². The molecule has 0 atom stereocenters. The van der Waals surface area contributed by atoms with Crippen molar-refractivity contribution in [3.63, 3.8) is 0 Å². The summed E-state index contributed by atoms with van der Waals surface area (Å²) in [6.07, 6.45) is 0.816. The zero-order valence-electron chi connectivity index (χ0n) is 16.2. The Balaban J connectivity index is 1.43. The van der Waals surface area contributed by atoms with Crippen LogP contribution in [0.1, 0.15) is 15.9 Å². The molecule has 2 aromatic carbocycles. The maximum Gasteiger partial charge on any atom is 0.277 e. The standard InChI is InChI=1S/C21H18ClN5O3S/c22-14-7-5-13(6-8-14)19(29)24-17-18(23)25-21(26-20(17)30)31-11-16(28)27-10-9-12-3-1-2-4-15(12)27/h1-8H,9-11H2,(H,24,29)(H3,23,25,26,30). The number of hydrogen-bond donors (Lipinski definition) is 3. The number of benzene rings is 2. The first-order chi connectivity index (χ1) is 14.9. The van der Waals surface area contributed by atoms with Crippen LogP contribution in [0.15, 0.2) is 58.5 Å². The molecule has 4 N–H and O–H groups in total. The summed E-state index contributed by atoms with van der Waals surface area (Å²) in [5.41, 5.74) is 7.50. The van der Waals surface area contributed by atoms with Gasteiger partial charge >= 0.3 is 0 Å². The summed E-state index contributed by atoms with van der Waals surface area (Å²) >= 11 is 6.90. The van der Waals surface area contributed by atoms with Crippen molar-refractivity contribution in [1.82, 2.24) is 9.97 Å². The topological polar surface area (TPSA) is 121 Å². The number of nitrogens with zero attached hydrogens (tertiary/aromatic N) is 2. The van der Waals surface area contributed by atoms with Crippen LogP contribution in [0.25, 0.3) is 0 Å². The fraction of sp³-hybridized carbons (Fsp3) is 0.143. The van der Waals surface area contributed by atoms with Crippen LogP contribution >= 0.6 is 23.4 Å². The van der Waals surface area contributed by atoms with Crippen LogP contribution in [0.2, 0.25) is 5.02 Å². The van der Waals surface area contributed by atoms with E-state index in [0.717, 1.165) is 29.4 Å². The Morgan fingerprint density at radius 1 is 1.19 bits per heavy atom. The van der Waals surface area contributed by atoms with Gasteiger partial charge in [0.15, 0.2) is 11.0 Å². The third kappa shape index (κ3) is 4.57.